The molecule has 2 aromatic rings. The zero-order chi connectivity index (χ0) is 14.5. The Kier molecular flexibility index (Phi) is 4.79. The Balaban J connectivity index is 1.90. The molecule has 1 amide bonds. The number of nitrogens with one attached hydrogen (secondary N) is 2. The van der Waals surface area contributed by atoms with Gasteiger partial charge in [-0.05, 0) is 49.7 Å². The van der Waals surface area contributed by atoms with E-state index in [1.54, 1.807) is 0 Å². The SMILES string of the molecule is Cc1ccc(NC(=O)CNc2ccc(Br)cc2C)cc1. The Bertz CT molecular complexity index is 608. The van der Waals surface area contributed by atoms with Gasteiger partial charge >= 0.3 is 0 Å². The zero-order valence-corrected chi connectivity index (χ0v) is 13.1. The number of hydrogen-bond acceptors (Lipinski definition) is 2. The Hall–Kier alpha value is -1.81. The number of rotatable bonds is 4. The van der Waals surface area contributed by atoms with E-state index in [1.165, 1.54) is 5.56 Å². The second-order valence-corrected chi connectivity index (χ2v) is 5.64. The Morgan fingerprint density at radius 3 is 2.45 bits per heavy atom. The van der Waals surface area contributed by atoms with Crippen LogP contribution in [0.25, 0.3) is 0 Å². The lowest BCUT2D eigenvalue weighted by Gasteiger charge is -2.10. The Morgan fingerprint density at radius 1 is 1.10 bits per heavy atom. The summed E-state index contributed by atoms with van der Waals surface area (Å²) >= 11 is 3.42. The van der Waals surface area contributed by atoms with Crippen molar-refractivity contribution in [1.82, 2.24) is 0 Å². The largest absolute Gasteiger partial charge is 0.376 e. The first-order valence-electron chi connectivity index (χ1n) is 6.41. The van der Waals surface area contributed by atoms with Crippen molar-refractivity contribution < 1.29 is 4.79 Å². The monoisotopic (exact) mass is 332 g/mol. The molecule has 0 bridgehead atoms. The lowest BCUT2D eigenvalue weighted by Crippen LogP contribution is -2.22. The molecular weight excluding hydrogens is 316 g/mol. The average molecular weight is 333 g/mol. The quantitative estimate of drug-likeness (QED) is 0.884. The summed E-state index contributed by atoms with van der Waals surface area (Å²) in [6.07, 6.45) is 0. The van der Waals surface area contributed by atoms with Crippen LogP contribution >= 0.6 is 15.9 Å². The molecule has 0 unspecified atom stereocenters. The lowest BCUT2D eigenvalue weighted by molar-refractivity contribution is -0.114. The van der Waals surface area contributed by atoms with Gasteiger partial charge in [0.1, 0.15) is 0 Å². The maximum Gasteiger partial charge on any atom is 0.243 e. The molecule has 0 aromatic heterocycles. The van der Waals surface area contributed by atoms with Crippen LogP contribution < -0.4 is 10.6 Å². The highest BCUT2D eigenvalue weighted by atomic mass is 79.9. The minimum Gasteiger partial charge on any atom is -0.376 e. The molecule has 4 heteroatoms. The number of aryl methyl sites for hydroxylation is 2. The second-order valence-electron chi connectivity index (χ2n) is 4.73. The van der Waals surface area contributed by atoms with Crippen molar-refractivity contribution in [2.45, 2.75) is 13.8 Å². The van der Waals surface area contributed by atoms with E-state index in [4.69, 9.17) is 0 Å². The molecule has 0 fully saturated rings. The van der Waals surface area contributed by atoms with Gasteiger partial charge in [-0.15, -0.1) is 0 Å². The van der Waals surface area contributed by atoms with Crippen LogP contribution in [0.1, 0.15) is 11.1 Å². The molecule has 0 saturated heterocycles. The van der Waals surface area contributed by atoms with E-state index in [-0.39, 0.29) is 12.5 Å². The first kappa shape index (κ1) is 14.6. The minimum absolute atomic E-state index is 0.0591. The number of benzene rings is 2. The molecule has 2 N–H and O–H groups in total. The molecular formula is C16H17BrN2O. The van der Waals surface area contributed by atoms with Gasteiger partial charge in [-0.2, -0.15) is 0 Å². The van der Waals surface area contributed by atoms with Crippen molar-refractivity contribution in [1.29, 1.82) is 0 Å². The van der Waals surface area contributed by atoms with Crippen LogP contribution in [0.15, 0.2) is 46.9 Å². The summed E-state index contributed by atoms with van der Waals surface area (Å²) in [4.78, 5) is 11.9. The van der Waals surface area contributed by atoms with E-state index in [9.17, 15) is 4.79 Å². The Morgan fingerprint density at radius 2 is 1.80 bits per heavy atom. The van der Waals surface area contributed by atoms with Gasteiger partial charge in [0.25, 0.3) is 0 Å². The van der Waals surface area contributed by atoms with Gasteiger partial charge < -0.3 is 10.6 Å². The average Bonchev–Trinajstić information content (AvgIpc) is 2.40. The fourth-order valence-corrected chi connectivity index (χ4v) is 2.32. The molecule has 0 spiro atoms. The van der Waals surface area contributed by atoms with E-state index in [0.717, 1.165) is 21.4 Å². The molecule has 0 saturated carbocycles. The van der Waals surface area contributed by atoms with Gasteiger partial charge in [0.15, 0.2) is 0 Å². The summed E-state index contributed by atoms with van der Waals surface area (Å²) in [6.45, 7) is 4.27. The third-order valence-electron chi connectivity index (χ3n) is 2.96. The fourth-order valence-electron chi connectivity index (χ4n) is 1.84. The van der Waals surface area contributed by atoms with Crippen molar-refractivity contribution >= 4 is 33.2 Å². The number of carbonyl (C=O) groups is 1. The predicted octanol–water partition coefficient (Wildman–Crippen LogP) is 4.12. The van der Waals surface area contributed by atoms with Crippen LogP contribution in [0, 0.1) is 13.8 Å². The van der Waals surface area contributed by atoms with Gasteiger partial charge in [0, 0.05) is 15.8 Å². The van der Waals surface area contributed by atoms with Gasteiger partial charge in [-0.25, -0.2) is 0 Å². The first-order chi connectivity index (χ1) is 9.54. The number of hydrogen-bond donors (Lipinski definition) is 2. The van der Waals surface area contributed by atoms with E-state index < -0.39 is 0 Å². The number of carbonyl (C=O) groups excluding carboxylic acids is 1. The van der Waals surface area contributed by atoms with Gasteiger partial charge in [-0.1, -0.05) is 33.6 Å². The highest BCUT2D eigenvalue weighted by molar-refractivity contribution is 9.10. The summed E-state index contributed by atoms with van der Waals surface area (Å²) in [5.74, 6) is -0.0591. The lowest BCUT2D eigenvalue weighted by atomic mass is 10.2. The number of halogens is 1. The normalized spacial score (nSPS) is 10.2. The predicted molar refractivity (Wildman–Crippen MR) is 87.2 cm³/mol. The second kappa shape index (κ2) is 6.57. The standard InChI is InChI=1S/C16H17BrN2O/c1-11-3-6-14(7-4-11)19-16(20)10-18-15-8-5-13(17)9-12(15)2/h3-9,18H,10H2,1-2H3,(H,19,20). The molecule has 0 atom stereocenters. The minimum atomic E-state index is -0.0591. The van der Waals surface area contributed by atoms with E-state index >= 15 is 0 Å². The smallest absolute Gasteiger partial charge is 0.243 e. The topological polar surface area (TPSA) is 41.1 Å². The van der Waals surface area contributed by atoms with E-state index in [0.29, 0.717) is 0 Å². The third kappa shape index (κ3) is 4.10. The van der Waals surface area contributed by atoms with Crippen molar-refractivity contribution in [3.63, 3.8) is 0 Å². The highest BCUT2D eigenvalue weighted by Crippen LogP contribution is 2.19. The molecule has 20 heavy (non-hydrogen) atoms. The van der Waals surface area contributed by atoms with Crippen LogP contribution in [0.5, 0.6) is 0 Å². The van der Waals surface area contributed by atoms with Crippen molar-refractivity contribution in [2.75, 3.05) is 17.2 Å². The van der Waals surface area contributed by atoms with E-state index in [1.807, 2.05) is 56.3 Å². The van der Waals surface area contributed by atoms with Gasteiger partial charge in [0.2, 0.25) is 5.91 Å². The summed E-state index contributed by atoms with van der Waals surface area (Å²) in [5, 5.41) is 6.00. The molecule has 0 aliphatic rings. The molecule has 104 valence electrons. The summed E-state index contributed by atoms with van der Waals surface area (Å²) < 4.78 is 1.03. The van der Waals surface area contributed by atoms with Crippen molar-refractivity contribution in [3.05, 3.63) is 58.1 Å². The molecule has 2 rings (SSSR count). The number of anilines is 2. The highest BCUT2D eigenvalue weighted by Gasteiger charge is 2.04. The van der Waals surface area contributed by atoms with Gasteiger partial charge in [0.05, 0.1) is 6.54 Å². The van der Waals surface area contributed by atoms with E-state index in [2.05, 4.69) is 26.6 Å². The van der Waals surface area contributed by atoms with Crippen LogP contribution in [0.2, 0.25) is 0 Å². The van der Waals surface area contributed by atoms with Crippen LogP contribution in [0.3, 0.4) is 0 Å². The summed E-state index contributed by atoms with van der Waals surface area (Å²) in [7, 11) is 0. The van der Waals surface area contributed by atoms with Gasteiger partial charge in [-0.3, -0.25) is 4.79 Å². The maximum atomic E-state index is 11.9. The molecule has 2 aromatic carbocycles. The van der Waals surface area contributed by atoms with Crippen LogP contribution in [0.4, 0.5) is 11.4 Å². The first-order valence-corrected chi connectivity index (χ1v) is 7.20. The third-order valence-corrected chi connectivity index (χ3v) is 3.46. The summed E-state index contributed by atoms with van der Waals surface area (Å²) in [6, 6.07) is 13.7. The number of amides is 1. The van der Waals surface area contributed by atoms with Crippen molar-refractivity contribution in [2.24, 2.45) is 0 Å². The Labute approximate surface area is 127 Å². The van der Waals surface area contributed by atoms with Crippen LogP contribution in [-0.2, 0) is 4.79 Å². The molecule has 0 aliphatic carbocycles. The molecule has 0 heterocycles. The molecule has 0 aliphatic heterocycles. The summed E-state index contributed by atoms with van der Waals surface area (Å²) in [5.41, 5.74) is 4.05. The molecule has 0 radical (unpaired) electrons. The van der Waals surface area contributed by atoms with Crippen molar-refractivity contribution in [3.8, 4) is 0 Å². The zero-order valence-electron chi connectivity index (χ0n) is 11.5. The molecule has 3 nitrogen and oxygen atoms in total. The maximum absolute atomic E-state index is 11.9. The fraction of sp³-hybridized carbons (Fsp3) is 0.188. The van der Waals surface area contributed by atoms with Crippen LogP contribution in [-0.4, -0.2) is 12.5 Å².